The molecule has 2 aromatic rings. The number of carbonyl (C=O) groups is 1. The Bertz CT molecular complexity index is 688. The number of hydrogen-bond donors (Lipinski definition) is 1. The maximum Gasteiger partial charge on any atom is 0.234 e. The molecule has 0 unspecified atom stereocenters. The van der Waals surface area contributed by atoms with Gasteiger partial charge in [-0.05, 0) is 50.5 Å². The second kappa shape index (κ2) is 8.87. The van der Waals surface area contributed by atoms with Gasteiger partial charge in [0.15, 0.2) is 0 Å². The van der Waals surface area contributed by atoms with Crippen LogP contribution in [0.1, 0.15) is 36.4 Å². The predicted octanol–water partition coefficient (Wildman–Crippen LogP) is 3.64. The summed E-state index contributed by atoms with van der Waals surface area (Å²) in [6.45, 7) is 4.38. The molecule has 1 heterocycles. The zero-order chi connectivity index (χ0) is 18.4. The summed E-state index contributed by atoms with van der Waals surface area (Å²) in [7, 11) is 5.20. The monoisotopic (exact) mass is 362 g/mol. The molecule has 0 aliphatic rings. The molecule has 0 saturated heterocycles. The van der Waals surface area contributed by atoms with E-state index < -0.39 is 0 Å². The van der Waals surface area contributed by atoms with Crippen molar-refractivity contribution in [3.63, 3.8) is 0 Å². The molecule has 0 spiro atoms. The van der Waals surface area contributed by atoms with Crippen LogP contribution in [-0.2, 0) is 4.79 Å². The molecular weight excluding hydrogens is 336 g/mol. The summed E-state index contributed by atoms with van der Waals surface area (Å²) in [6, 6.07) is 9.72. The second-order valence-corrected chi connectivity index (χ2v) is 6.98. The Hall–Kier alpha value is -2.05. The van der Waals surface area contributed by atoms with Gasteiger partial charge < -0.3 is 14.8 Å². The normalized spacial score (nSPS) is 13.4. The molecule has 0 aliphatic heterocycles. The number of methoxy groups -OCH3 is 2. The molecule has 2 atom stereocenters. The Labute approximate surface area is 153 Å². The van der Waals surface area contributed by atoms with Crippen LogP contribution in [0.5, 0.6) is 11.5 Å². The van der Waals surface area contributed by atoms with Crippen molar-refractivity contribution in [1.82, 2.24) is 10.2 Å². The van der Waals surface area contributed by atoms with Crippen molar-refractivity contribution < 1.29 is 14.3 Å². The van der Waals surface area contributed by atoms with E-state index in [1.165, 1.54) is 4.88 Å². The number of carbonyl (C=O) groups excluding carboxylic acids is 1. The topological polar surface area (TPSA) is 50.8 Å². The molecule has 1 aromatic heterocycles. The van der Waals surface area contributed by atoms with Crippen molar-refractivity contribution in [3.05, 3.63) is 46.2 Å². The number of amides is 1. The summed E-state index contributed by atoms with van der Waals surface area (Å²) in [5.41, 5.74) is 0.893. The lowest BCUT2D eigenvalue weighted by atomic mass is 10.1. The first-order chi connectivity index (χ1) is 12.0. The lowest BCUT2D eigenvalue weighted by Crippen LogP contribution is -2.37. The standard InChI is InChI=1S/C19H26N2O3S/c1-13(16-11-15(23-4)8-9-17(16)24-5)20-19(22)12-21(3)14(2)18-7-6-10-25-18/h6-11,13-14H,12H2,1-5H3,(H,20,22)/t13-,14-/m0/s1. The van der Waals surface area contributed by atoms with E-state index in [9.17, 15) is 4.79 Å². The third-order valence-corrected chi connectivity index (χ3v) is 5.33. The predicted molar refractivity (Wildman–Crippen MR) is 101 cm³/mol. The van der Waals surface area contributed by atoms with Crippen molar-refractivity contribution in [2.24, 2.45) is 0 Å². The highest BCUT2D eigenvalue weighted by molar-refractivity contribution is 7.10. The van der Waals surface area contributed by atoms with Crippen LogP contribution < -0.4 is 14.8 Å². The highest BCUT2D eigenvalue weighted by Crippen LogP contribution is 2.29. The second-order valence-electron chi connectivity index (χ2n) is 6.00. The molecule has 1 N–H and O–H groups in total. The van der Waals surface area contributed by atoms with Crippen molar-refractivity contribution in [2.75, 3.05) is 27.8 Å². The van der Waals surface area contributed by atoms with Gasteiger partial charge in [-0.25, -0.2) is 0 Å². The van der Waals surface area contributed by atoms with E-state index in [1.807, 2.05) is 43.1 Å². The van der Waals surface area contributed by atoms with Crippen LogP contribution in [0.2, 0.25) is 0 Å². The zero-order valence-corrected chi connectivity index (χ0v) is 16.2. The number of thiophene rings is 1. The fourth-order valence-electron chi connectivity index (χ4n) is 2.65. The van der Waals surface area contributed by atoms with E-state index in [2.05, 4.69) is 23.7 Å². The molecule has 5 nitrogen and oxygen atoms in total. The van der Waals surface area contributed by atoms with E-state index in [-0.39, 0.29) is 18.0 Å². The number of rotatable bonds is 8. The molecule has 0 saturated carbocycles. The van der Waals surface area contributed by atoms with Crippen LogP contribution >= 0.6 is 11.3 Å². The number of benzene rings is 1. The fourth-order valence-corrected chi connectivity index (χ4v) is 3.50. The number of ether oxygens (including phenoxy) is 2. The van der Waals surface area contributed by atoms with Gasteiger partial charge in [0.1, 0.15) is 11.5 Å². The number of hydrogen-bond acceptors (Lipinski definition) is 5. The van der Waals surface area contributed by atoms with Gasteiger partial charge in [-0.3, -0.25) is 9.69 Å². The molecule has 1 aromatic carbocycles. The van der Waals surface area contributed by atoms with E-state index in [0.717, 1.165) is 17.1 Å². The Morgan fingerprint density at radius 3 is 2.60 bits per heavy atom. The molecular formula is C19H26N2O3S. The summed E-state index contributed by atoms with van der Waals surface area (Å²) in [5.74, 6) is 1.44. The average molecular weight is 362 g/mol. The maximum absolute atomic E-state index is 12.4. The summed E-state index contributed by atoms with van der Waals surface area (Å²) >= 11 is 1.70. The molecule has 1 amide bonds. The lowest BCUT2D eigenvalue weighted by Gasteiger charge is -2.24. The van der Waals surface area contributed by atoms with Crippen LogP contribution in [-0.4, -0.2) is 38.6 Å². The lowest BCUT2D eigenvalue weighted by molar-refractivity contribution is -0.123. The largest absolute Gasteiger partial charge is 0.497 e. The van der Waals surface area contributed by atoms with Crippen LogP contribution in [0.15, 0.2) is 35.7 Å². The third kappa shape index (κ3) is 4.96. The van der Waals surface area contributed by atoms with Crippen molar-refractivity contribution in [1.29, 1.82) is 0 Å². The van der Waals surface area contributed by atoms with E-state index in [4.69, 9.17) is 9.47 Å². The summed E-state index contributed by atoms with van der Waals surface area (Å²) < 4.78 is 10.7. The minimum absolute atomic E-state index is 0.0247. The molecule has 136 valence electrons. The average Bonchev–Trinajstić information content (AvgIpc) is 3.14. The van der Waals surface area contributed by atoms with Gasteiger partial charge in [0.2, 0.25) is 5.91 Å². The van der Waals surface area contributed by atoms with Gasteiger partial charge in [0.25, 0.3) is 0 Å². The van der Waals surface area contributed by atoms with Crippen LogP contribution in [0.3, 0.4) is 0 Å². The van der Waals surface area contributed by atoms with E-state index in [1.54, 1.807) is 25.6 Å². The molecule has 0 radical (unpaired) electrons. The van der Waals surface area contributed by atoms with Crippen LogP contribution in [0, 0.1) is 0 Å². The first-order valence-electron chi connectivity index (χ1n) is 8.21. The van der Waals surface area contributed by atoms with Crippen molar-refractivity contribution in [2.45, 2.75) is 25.9 Å². The van der Waals surface area contributed by atoms with E-state index >= 15 is 0 Å². The minimum Gasteiger partial charge on any atom is -0.497 e. The van der Waals surface area contributed by atoms with Crippen LogP contribution in [0.4, 0.5) is 0 Å². The first-order valence-corrected chi connectivity index (χ1v) is 9.09. The van der Waals surface area contributed by atoms with Crippen molar-refractivity contribution >= 4 is 17.2 Å². The van der Waals surface area contributed by atoms with Gasteiger partial charge in [-0.2, -0.15) is 0 Å². The Morgan fingerprint density at radius 1 is 1.24 bits per heavy atom. The van der Waals surface area contributed by atoms with Gasteiger partial charge in [0.05, 0.1) is 26.8 Å². The number of likely N-dealkylation sites (N-methyl/N-ethyl adjacent to an activating group) is 1. The summed E-state index contributed by atoms with van der Waals surface area (Å²) in [6.07, 6.45) is 0. The zero-order valence-electron chi connectivity index (χ0n) is 15.4. The fraction of sp³-hybridized carbons (Fsp3) is 0.421. The molecule has 25 heavy (non-hydrogen) atoms. The SMILES string of the molecule is COc1ccc(OC)c([C@H](C)NC(=O)CN(C)[C@@H](C)c2cccs2)c1. The highest BCUT2D eigenvalue weighted by Gasteiger charge is 2.19. The first kappa shape index (κ1) is 19.3. The number of nitrogens with one attached hydrogen (secondary N) is 1. The molecule has 0 bridgehead atoms. The van der Waals surface area contributed by atoms with Gasteiger partial charge in [-0.15, -0.1) is 11.3 Å². The third-order valence-electron chi connectivity index (χ3n) is 4.29. The molecule has 0 aliphatic carbocycles. The molecule has 2 rings (SSSR count). The van der Waals surface area contributed by atoms with Gasteiger partial charge in [-0.1, -0.05) is 6.07 Å². The Balaban J connectivity index is 2.00. The summed E-state index contributed by atoms with van der Waals surface area (Å²) in [5, 5.41) is 5.09. The van der Waals surface area contributed by atoms with Gasteiger partial charge >= 0.3 is 0 Å². The highest BCUT2D eigenvalue weighted by atomic mass is 32.1. The Kier molecular flexibility index (Phi) is 6.84. The maximum atomic E-state index is 12.4. The van der Waals surface area contributed by atoms with Crippen molar-refractivity contribution in [3.8, 4) is 11.5 Å². The minimum atomic E-state index is -0.178. The summed E-state index contributed by atoms with van der Waals surface area (Å²) in [4.78, 5) is 15.7. The molecule has 0 fully saturated rings. The number of nitrogens with zero attached hydrogens (tertiary/aromatic N) is 1. The smallest absolute Gasteiger partial charge is 0.234 e. The Morgan fingerprint density at radius 2 is 2.00 bits per heavy atom. The van der Waals surface area contributed by atoms with Crippen LogP contribution in [0.25, 0.3) is 0 Å². The molecule has 6 heteroatoms. The van der Waals surface area contributed by atoms with E-state index in [0.29, 0.717) is 6.54 Å². The quantitative estimate of drug-likeness (QED) is 0.779. The van der Waals surface area contributed by atoms with Gasteiger partial charge in [0, 0.05) is 16.5 Å².